The molecule has 0 aliphatic heterocycles. The number of hydrogen-bond acceptors (Lipinski definition) is 3. The fourth-order valence-corrected chi connectivity index (χ4v) is 2.19. The normalized spacial score (nSPS) is 16.1. The van der Waals surface area contributed by atoms with Gasteiger partial charge in [0.2, 0.25) is 5.91 Å². The van der Waals surface area contributed by atoms with E-state index in [-0.39, 0.29) is 24.4 Å². The maximum atomic E-state index is 12.0. The number of halogens is 2. The van der Waals surface area contributed by atoms with Gasteiger partial charge in [0.25, 0.3) is 0 Å². The van der Waals surface area contributed by atoms with Gasteiger partial charge in [-0.3, -0.25) is 4.79 Å². The van der Waals surface area contributed by atoms with Gasteiger partial charge < -0.3 is 15.8 Å². The first kappa shape index (κ1) is 17.1. The number of hydrogen-bond donors (Lipinski definition) is 2. The van der Waals surface area contributed by atoms with Crippen molar-refractivity contribution in [3.8, 4) is 5.75 Å². The van der Waals surface area contributed by atoms with Crippen molar-refractivity contribution in [1.29, 1.82) is 0 Å². The van der Waals surface area contributed by atoms with Gasteiger partial charge >= 0.3 is 0 Å². The molecule has 1 aromatic rings. The zero-order valence-electron chi connectivity index (χ0n) is 11.6. The minimum absolute atomic E-state index is 0. The molecular weight excluding hydrogens is 299 g/mol. The third kappa shape index (κ3) is 3.78. The van der Waals surface area contributed by atoms with Gasteiger partial charge in [-0.2, -0.15) is 0 Å². The lowest BCUT2D eigenvalue weighted by Crippen LogP contribution is -2.56. The Morgan fingerprint density at radius 2 is 2.10 bits per heavy atom. The molecule has 112 valence electrons. The van der Waals surface area contributed by atoms with Crippen LogP contribution in [0.1, 0.15) is 33.1 Å². The van der Waals surface area contributed by atoms with E-state index in [2.05, 4.69) is 5.32 Å². The molecule has 3 N–H and O–H groups in total. The van der Waals surface area contributed by atoms with Crippen LogP contribution in [-0.4, -0.2) is 17.6 Å². The fourth-order valence-electron chi connectivity index (χ4n) is 1.97. The van der Waals surface area contributed by atoms with Crippen molar-refractivity contribution in [2.24, 2.45) is 5.73 Å². The Morgan fingerprint density at radius 1 is 1.45 bits per heavy atom. The van der Waals surface area contributed by atoms with Crippen molar-refractivity contribution in [3.05, 3.63) is 23.2 Å². The van der Waals surface area contributed by atoms with Crippen molar-refractivity contribution >= 4 is 35.6 Å². The Bertz CT molecular complexity index is 488. The molecule has 20 heavy (non-hydrogen) atoms. The first-order chi connectivity index (χ1) is 8.90. The van der Waals surface area contributed by atoms with E-state index in [1.54, 1.807) is 18.2 Å². The molecule has 1 aliphatic carbocycles. The Morgan fingerprint density at radius 3 is 2.55 bits per heavy atom. The number of benzene rings is 1. The van der Waals surface area contributed by atoms with Crippen LogP contribution >= 0.6 is 24.0 Å². The monoisotopic (exact) mass is 318 g/mol. The molecular formula is C14H20Cl2N2O2. The summed E-state index contributed by atoms with van der Waals surface area (Å²) in [5.74, 6) is 0.466. The zero-order valence-corrected chi connectivity index (χ0v) is 13.2. The lowest BCUT2D eigenvalue weighted by molar-refractivity contribution is -0.123. The van der Waals surface area contributed by atoms with Crippen molar-refractivity contribution in [2.45, 2.75) is 44.8 Å². The van der Waals surface area contributed by atoms with Crippen LogP contribution in [0.15, 0.2) is 18.2 Å². The van der Waals surface area contributed by atoms with Gasteiger partial charge in [0.05, 0.1) is 16.7 Å². The SMILES string of the molecule is CC(C)Oc1ccc(NC(=O)C2(N)CCC2)cc1Cl.Cl. The highest BCUT2D eigenvalue weighted by molar-refractivity contribution is 6.32. The molecule has 4 nitrogen and oxygen atoms in total. The van der Waals surface area contributed by atoms with Crippen LogP contribution in [-0.2, 0) is 4.79 Å². The Hall–Kier alpha value is -0.970. The summed E-state index contributed by atoms with van der Waals surface area (Å²) >= 11 is 6.11. The van der Waals surface area contributed by atoms with Crippen LogP contribution in [0.4, 0.5) is 5.69 Å². The van der Waals surface area contributed by atoms with E-state index in [1.165, 1.54) is 0 Å². The predicted molar refractivity (Wildman–Crippen MR) is 83.9 cm³/mol. The number of carbonyl (C=O) groups is 1. The molecule has 2 rings (SSSR count). The average molecular weight is 319 g/mol. The second-order valence-corrected chi connectivity index (χ2v) is 5.68. The summed E-state index contributed by atoms with van der Waals surface area (Å²) in [6.45, 7) is 3.86. The number of amides is 1. The lowest BCUT2D eigenvalue weighted by atomic mass is 9.77. The Labute approximate surface area is 130 Å². The van der Waals surface area contributed by atoms with Gasteiger partial charge in [-0.05, 0) is 51.3 Å². The fraction of sp³-hybridized carbons (Fsp3) is 0.500. The summed E-state index contributed by atoms with van der Waals surface area (Å²) in [5, 5.41) is 3.28. The second-order valence-electron chi connectivity index (χ2n) is 5.28. The highest BCUT2D eigenvalue weighted by Gasteiger charge is 2.40. The smallest absolute Gasteiger partial charge is 0.244 e. The van der Waals surface area contributed by atoms with E-state index in [1.807, 2.05) is 13.8 Å². The summed E-state index contributed by atoms with van der Waals surface area (Å²) in [4.78, 5) is 12.0. The highest BCUT2D eigenvalue weighted by atomic mass is 35.5. The molecule has 0 atom stereocenters. The Kier molecular flexibility index (Phi) is 5.68. The number of rotatable bonds is 4. The third-order valence-corrected chi connectivity index (χ3v) is 3.55. The van der Waals surface area contributed by atoms with Crippen LogP contribution in [0.3, 0.4) is 0 Å². The molecule has 0 heterocycles. The molecule has 1 fully saturated rings. The molecule has 0 aromatic heterocycles. The van der Waals surface area contributed by atoms with Gasteiger partial charge in [-0.25, -0.2) is 0 Å². The van der Waals surface area contributed by atoms with Crippen LogP contribution in [0.25, 0.3) is 0 Å². The quantitative estimate of drug-likeness (QED) is 0.894. The second kappa shape index (κ2) is 6.66. The largest absolute Gasteiger partial charge is 0.489 e. The molecule has 6 heteroatoms. The van der Waals surface area contributed by atoms with Gasteiger partial charge in [0, 0.05) is 5.69 Å². The molecule has 1 amide bonds. The minimum atomic E-state index is -0.709. The highest BCUT2D eigenvalue weighted by Crippen LogP contribution is 2.32. The molecule has 0 spiro atoms. The van der Waals surface area contributed by atoms with Crippen molar-refractivity contribution < 1.29 is 9.53 Å². The summed E-state index contributed by atoms with van der Waals surface area (Å²) in [7, 11) is 0. The number of nitrogens with two attached hydrogens (primary N) is 1. The standard InChI is InChI=1S/C14H19ClN2O2.ClH/c1-9(2)19-12-5-4-10(8-11(12)15)17-13(18)14(16)6-3-7-14;/h4-5,8-9H,3,6-7,16H2,1-2H3,(H,17,18);1H. The van der Waals surface area contributed by atoms with Crippen LogP contribution in [0.2, 0.25) is 5.02 Å². The first-order valence-corrected chi connectivity index (χ1v) is 6.85. The predicted octanol–water partition coefficient (Wildman–Crippen LogP) is 3.37. The maximum absolute atomic E-state index is 12.0. The van der Waals surface area contributed by atoms with E-state index in [0.717, 1.165) is 19.3 Å². The summed E-state index contributed by atoms with van der Waals surface area (Å²) in [6.07, 6.45) is 2.54. The van der Waals surface area contributed by atoms with Gasteiger partial charge in [-0.1, -0.05) is 11.6 Å². The zero-order chi connectivity index (χ0) is 14.0. The van der Waals surface area contributed by atoms with E-state index in [9.17, 15) is 4.79 Å². The van der Waals surface area contributed by atoms with E-state index in [0.29, 0.717) is 16.5 Å². The van der Waals surface area contributed by atoms with Crippen LogP contribution < -0.4 is 15.8 Å². The van der Waals surface area contributed by atoms with E-state index >= 15 is 0 Å². The summed E-state index contributed by atoms with van der Waals surface area (Å²) in [5.41, 5.74) is 5.89. The summed E-state index contributed by atoms with van der Waals surface area (Å²) in [6, 6.07) is 5.20. The van der Waals surface area contributed by atoms with Crippen molar-refractivity contribution in [1.82, 2.24) is 0 Å². The van der Waals surface area contributed by atoms with Crippen molar-refractivity contribution in [3.63, 3.8) is 0 Å². The van der Waals surface area contributed by atoms with E-state index in [4.69, 9.17) is 22.1 Å². The number of carbonyl (C=O) groups excluding carboxylic acids is 1. The molecule has 0 bridgehead atoms. The van der Waals surface area contributed by atoms with Gasteiger partial charge in [-0.15, -0.1) is 12.4 Å². The number of nitrogens with one attached hydrogen (secondary N) is 1. The molecule has 0 radical (unpaired) electrons. The topological polar surface area (TPSA) is 64.3 Å². The molecule has 1 saturated carbocycles. The molecule has 0 saturated heterocycles. The maximum Gasteiger partial charge on any atom is 0.244 e. The van der Waals surface area contributed by atoms with E-state index < -0.39 is 5.54 Å². The van der Waals surface area contributed by atoms with Crippen LogP contribution in [0.5, 0.6) is 5.75 Å². The van der Waals surface area contributed by atoms with Crippen LogP contribution in [0, 0.1) is 0 Å². The summed E-state index contributed by atoms with van der Waals surface area (Å²) < 4.78 is 5.54. The first-order valence-electron chi connectivity index (χ1n) is 6.47. The average Bonchev–Trinajstić information content (AvgIpc) is 2.29. The molecule has 1 aromatic carbocycles. The molecule has 1 aliphatic rings. The number of ether oxygens (including phenoxy) is 1. The third-order valence-electron chi connectivity index (χ3n) is 3.25. The van der Waals surface area contributed by atoms with Gasteiger partial charge in [0.1, 0.15) is 5.75 Å². The van der Waals surface area contributed by atoms with Gasteiger partial charge in [0.15, 0.2) is 0 Å². The van der Waals surface area contributed by atoms with Crippen molar-refractivity contribution in [2.75, 3.05) is 5.32 Å². The minimum Gasteiger partial charge on any atom is -0.489 e. The number of anilines is 1. The lowest BCUT2D eigenvalue weighted by Gasteiger charge is -2.36. The molecule has 0 unspecified atom stereocenters. The Balaban J connectivity index is 0.00000200.